The molecule has 1 saturated carbocycles. The Hall–Kier alpha value is -3.20. The van der Waals surface area contributed by atoms with Crippen LogP contribution in [0.1, 0.15) is 48.3 Å². The molecule has 4 aromatic rings. The van der Waals surface area contributed by atoms with Gasteiger partial charge in [0.2, 0.25) is 5.69 Å². The summed E-state index contributed by atoms with van der Waals surface area (Å²) in [5, 5.41) is 12.3. The van der Waals surface area contributed by atoms with Gasteiger partial charge in [0.05, 0.1) is 30.4 Å². The van der Waals surface area contributed by atoms with Crippen molar-refractivity contribution in [3.63, 3.8) is 0 Å². The summed E-state index contributed by atoms with van der Waals surface area (Å²) in [6, 6.07) is 17.8. The Labute approximate surface area is 206 Å². The molecule has 6 rings (SSSR count). The molecule has 2 fully saturated rings. The number of benzene rings is 2. The molecule has 3 heterocycles. The Morgan fingerprint density at radius 2 is 1.69 bits per heavy atom. The van der Waals surface area contributed by atoms with Gasteiger partial charge in [-0.15, -0.1) is 0 Å². The zero-order chi connectivity index (χ0) is 23.9. The molecule has 0 unspecified atom stereocenters. The molecule has 178 valence electrons. The molecule has 0 spiro atoms. The fraction of sp³-hybridized carbons (Fsp3) is 0.400. The fourth-order valence-corrected chi connectivity index (χ4v) is 6.30. The highest BCUT2D eigenvalue weighted by atomic mass is 16.5. The number of ether oxygens (including phenoxy) is 1. The summed E-state index contributed by atoms with van der Waals surface area (Å²) in [5.74, 6) is 0.351. The summed E-state index contributed by atoms with van der Waals surface area (Å²) in [7, 11) is 2.07. The smallest absolute Gasteiger partial charge is 0.216 e. The lowest BCUT2D eigenvalue weighted by molar-refractivity contribution is -0.660. The van der Waals surface area contributed by atoms with Gasteiger partial charge < -0.3 is 9.15 Å². The number of nitriles is 1. The highest BCUT2D eigenvalue weighted by Gasteiger charge is 2.31. The van der Waals surface area contributed by atoms with Gasteiger partial charge >= 0.3 is 0 Å². The Morgan fingerprint density at radius 1 is 0.943 bits per heavy atom. The third-order valence-electron chi connectivity index (χ3n) is 8.15. The van der Waals surface area contributed by atoms with Crippen LogP contribution in [0.4, 0.5) is 0 Å². The van der Waals surface area contributed by atoms with Crippen molar-refractivity contribution >= 4 is 21.9 Å². The number of hydrogen-bond acceptors (Lipinski definition) is 4. The molecule has 2 aromatic heterocycles. The molecule has 0 radical (unpaired) electrons. The number of fused-ring (bicyclic) bond motifs is 3. The largest absolute Gasteiger partial charge is 0.455 e. The predicted molar refractivity (Wildman–Crippen MR) is 137 cm³/mol. The number of morpholine rings is 1. The van der Waals surface area contributed by atoms with Crippen LogP contribution in [0.5, 0.6) is 0 Å². The first kappa shape index (κ1) is 22.3. The highest BCUT2D eigenvalue weighted by molar-refractivity contribution is 6.11. The molecule has 0 bridgehead atoms. The molecule has 0 atom stereocenters. The van der Waals surface area contributed by atoms with E-state index in [4.69, 9.17) is 9.15 Å². The normalized spacial score (nSPS) is 21.4. The first-order chi connectivity index (χ1) is 17.2. The SMILES string of the molecule is Cc1ccc2c(oc3c(C4CCC(N5CCOCC5)CC4)c(C#N)ccc32)c1-c1cccc[n+]1C. The second kappa shape index (κ2) is 9.11. The molecule has 1 aliphatic carbocycles. The van der Waals surface area contributed by atoms with Gasteiger partial charge in [-0.25, -0.2) is 4.57 Å². The lowest BCUT2D eigenvalue weighted by Gasteiger charge is -2.39. The first-order valence-electron chi connectivity index (χ1n) is 12.8. The van der Waals surface area contributed by atoms with Crippen LogP contribution in [0.15, 0.2) is 53.1 Å². The van der Waals surface area contributed by atoms with E-state index in [1.165, 1.54) is 5.56 Å². The summed E-state index contributed by atoms with van der Waals surface area (Å²) in [5.41, 5.74) is 7.13. The molecular formula is C30H32N3O2+. The number of hydrogen-bond donors (Lipinski definition) is 0. The number of rotatable bonds is 3. The molecule has 0 amide bonds. The summed E-state index contributed by atoms with van der Waals surface area (Å²) in [6.45, 7) is 5.91. The minimum absolute atomic E-state index is 0.351. The van der Waals surface area contributed by atoms with Crippen LogP contribution in [0, 0.1) is 18.3 Å². The monoisotopic (exact) mass is 466 g/mol. The molecule has 2 aliphatic rings. The van der Waals surface area contributed by atoms with Gasteiger partial charge in [-0.1, -0.05) is 12.1 Å². The van der Waals surface area contributed by atoms with Crippen LogP contribution >= 0.6 is 0 Å². The topological polar surface area (TPSA) is 53.3 Å². The maximum atomic E-state index is 10.0. The first-order valence-corrected chi connectivity index (χ1v) is 12.8. The maximum Gasteiger partial charge on any atom is 0.216 e. The molecule has 1 aliphatic heterocycles. The third kappa shape index (κ3) is 3.82. The van der Waals surface area contributed by atoms with Crippen molar-refractivity contribution < 1.29 is 13.7 Å². The lowest BCUT2D eigenvalue weighted by Crippen LogP contribution is -2.44. The van der Waals surface area contributed by atoms with Crippen molar-refractivity contribution in [1.29, 1.82) is 5.26 Å². The second-order valence-corrected chi connectivity index (χ2v) is 10.1. The third-order valence-corrected chi connectivity index (χ3v) is 8.15. The lowest BCUT2D eigenvalue weighted by atomic mass is 9.79. The van der Waals surface area contributed by atoms with Crippen molar-refractivity contribution in [3.05, 3.63) is 65.4 Å². The average Bonchev–Trinajstić information content (AvgIpc) is 3.28. The van der Waals surface area contributed by atoms with Crippen LogP contribution in [0.3, 0.4) is 0 Å². The zero-order valence-corrected chi connectivity index (χ0v) is 20.6. The van der Waals surface area contributed by atoms with Gasteiger partial charge in [-0.3, -0.25) is 4.90 Å². The summed E-state index contributed by atoms with van der Waals surface area (Å²) >= 11 is 0. The molecule has 5 heteroatoms. The minimum Gasteiger partial charge on any atom is -0.455 e. The Balaban J connectivity index is 1.45. The highest BCUT2D eigenvalue weighted by Crippen LogP contribution is 2.44. The van der Waals surface area contributed by atoms with E-state index in [0.29, 0.717) is 12.0 Å². The Morgan fingerprint density at radius 3 is 2.43 bits per heavy atom. The fourth-order valence-electron chi connectivity index (χ4n) is 6.30. The van der Waals surface area contributed by atoms with Crippen molar-refractivity contribution in [3.8, 4) is 17.3 Å². The molecule has 5 nitrogen and oxygen atoms in total. The second-order valence-electron chi connectivity index (χ2n) is 10.1. The Kier molecular flexibility index (Phi) is 5.80. The number of aromatic nitrogens is 1. The van der Waals surface area contributed by atoms with E-state index in [1.54, 1.807) is 0 Å². The summed E-state index contributed by atoms with van der Waals surface area (Å²) < 4.78 is 14.4. The number of aryl methyl sites for hydroxylation is 2. The van der Waals surface area contributed by atoms with Gasteiger partial charge in [-0.2, -0.15) is 5.26 Å². The van der Waals surface area contributed by atoms with E-state index >= 15 is 0 Å². The molecule has 35 heavy (non-hydrogen) atoms. The summed E-state index contributed by atoms with van der Waals surface area (Å²) in [6.07, 6.45) is 6.58. The van der Waals surface area contributed by atoms with E-state index in [9.17, 15) is 5.26 Å². The number of nitrogens with zero attached hydrogens (tertiary/aromatic N) is 3. The van der Waals surface area contributed by atoms with E-state index in [1.807, 2.05) is 12.1 Å². The van der Waals surface area contributed by atoms with Crippen molar-refractivity contribution in [2.24, 2.45) is 7.05 Å². The van der Waals surface area contributed by atoms with Crippen molar-refractivity contribution in [1.82, 2.24) is 4.90 Å². The minimum atomic E-state index is 0.351. The molecule has 2 aromatic carbocycles. The molecule has 1 saturated heterocycles. The molecule has 0 N–H and O–H groups in total. The van der Waals surface area contributed by atoms with Gasteiger partial charge in [0.1, 0.15) is 18.2 Å². The number of furan rings is 1. The molecular weight excluding hydrogens is 434 g/mol. The quantitative estimate of drug-likeness (QED) is 0.368. The van der Waals surface area contributed by atoms with E-state index < -0.39 is 0 Å². The zero-order valence-electron chi connectivity index (χ0n) is 20.6. The Bertz CT molecular complexity index is 1430. The van der Waals surface area contributed by atoms with E-state index in [2.05, 4.69) is 66.0 Å². The average molecular weight is 467 g/mol. The summed E-state index contributed by atoms with van der Waals surface area (Å²) in [4.78, 5) is 2.60. The number of pyridine rings is 1. The predicted octanol–water partition coefficient (Wildman–Crippen LogP) is 5.62. The van der Waals surface area contributed by atoms with Crippen LogP contribution < -0.4 is 4.57 Å². The van der Waals surface area contributed by atoms with Crippen LogP contribution in [-0.4, -0.2) is 37.2 Å². The van der Waals surface area contributed by atoms with Crippen LogP contribution in [-0.2, 0) is 11.8 Å². The van der Waals surface area contributed by atoms with Gasteiger partial charge in [-0.05, 0) is 62.3 Å². The standard InChI is InChI=1S/C30H32N3O2/c1-20-6-12-24-25-13-9-22(19-31)28(21-7-10-23(11-8-21)33-15-17-34-18-16-33)30(25)35-29(24)27(20)26-5-3-4-14-32(26)2/h3-6,9,12-14,21,23H,7-8,10-11,15-18H2,1-2H3/q+1. The van der Waals surface area contributed by atoms with Gasteiger partial charge in [0, 0.05) is 47.6 Å². The van der Waals surface area contributed by atoms with Crippen molar-refractivity contribution in [2.75, 3.05) is 26.3 Å². The van der Waals surface area contributed by atoms with Gasteiger partial charge in [0.15, 0.2) is 6.20 Å². The van der Waals surface area contributed by atoms with Crippen LogP contribution in [0.2, 0.25) is 0 Å². The van der Waals surface area contributed by atoms with E-state index in [-0.39, 0.29) is 0 Å². The van der Waals surface area contributed by atoms with Gasteiger partial charge in [0.25, 0.3) is 0 Å². The van der Waals surface area contributed by atoms with E-state index in [0.717, 1.165) is 96.3 Å². The maximum absolute atomic E-state index is 10.0. The van der Waals surface area contributed by atoms with Crippen molar-refractivity contribution in [2.45, 2.75) is 44.6 Å². The van der Waals surface area contributed by atoms with Crippen LogP contribution in [0.25, 0.3) is 33.2 Å².